The highest BCUT2D eigenvalue weighted by Crippen LogP contribution is 2.00. The van der Waals surface area contributed by atoms with Gasteiger partial charge in [-0.15, -0.1) is 5.10 Å². The van der Waals surface area contributed by atoms with Gasteiger partial charge in [-0.1, -0.05) is 16.1 Å². The normalized spacial score (nSPS) is 9.38. The van der Waals surface area contributed by atoms with Crippen LogP contribution in [0.1, 0.15) is 23.5 Å². The first-order chi connectivity index (χ1) is 6.20. The Morgan fingerprint density at radius 1 is 1.69 bits per heavy atom. The van der Waals surface area contributed by atoms with E-state index in [0.717, 1.165) is 11.5 Å². The maximum absolute atomic E-state index is 11.3. The Morgan fingerprint density at radius 3 is 3.00 bits per heavy atom. The summed E-state index contributed by atoms with van der Waals surface area (Å²) in [4.78, 5) is 11.8. The lowest BCUT2D eigenvalue weighted by atomic mass is 10.3. The molecule has 0 aliphatic rings. The number of allylic oxidation sites excluding steroid dienone is 1. The third-order valence-electron chi connectivity index (χ3n) is 1.36. The van der Waals surface area contributed by atoms with E-state index in [9.17, 15) is 4.79 Å². The monoisotopic (exact) mass is 197 g/mol. The molecule has 0 spiro atoms. The van der Waals surface area contributed by atoms with Gasteiger partial charge in [0, 0.05) is 6.54 Å². The summed E-state index contributed by atoms with van der Waals surface area (Å²) < 4.78 is 3.60. The largest absolute Gasteiger partial charge is 0.348 e. The molecule has 0 aliphatic carbocycles. The minimum atomic E-state index is -0.118. The fourth-order valence-electron chi connectivity index (χ4n) is 0.702. The molecule has 0 radical (unpaired) electrons. The summed E-state index contributed by atoms with van der Waals surface area (Å²) in [5.41, 5.74) is 1.18. The second-order valence-corrected chi connectivity index (χ2v) is 3.56. The minimum Gasteiger partial charge on any atom is -0.348 e. The van der Waals surface area contributed by atoms with Crippen molar-refractivity contribution in [1.29, 1.82) is 0 Å². The van der Waals surface area contributed by atoms with Crippen LogP contribution in [0.2, 0.25) is 0 Å². The van der Waals surface area contributed by atoms with Crippen LogP contribution in [0.5, 0.6) is 0 Å². The second kappa shape index (κ2) is 4.71. The van der Waals surface area contributed by atoms with Crippen LogP contribution in [0.15, 0.2) is 17.8 Å². The maximum atomic E-state index is 11.3. The van der Waals surface area contributed by atoms with Crippen LogP contribution in [0.4, 0.5) is 0 Å². The predicted octanol–water partition coefficient (Wildman–Crippen LogP) is 1.23. The summed E-state index contributed by atoms with van der Waals surface area (Å²) >= 11 is 1.10. The van der Waals surface area contributed by atoms with Crippen molar-refractivity contribution in [3.8, 4) is 0 Å². The van der Waals surface area contributed by atoms with Gasteiger partial charge in [0.15, 0.2) is 0 Å². The molecule has 0 fully saturated rings. The molecule has 13 heavy (non-hydrogen) atoms. The summed E-state index contributed by atoms with van der Waals surface area (Å²) in [6.45, 7) is 4.53. The van der Waals surface area contributed by atoms with Gasteiger partial charge in [-0.3, -0.25) is 4.79 Å². The van der Waals surface area contributed by atoms with Crippen molar-refractivity contribution >= 4 is 17.4 Å². The molecular formula is C8H11N3OS. The zero-order valence-corrected chi connectivity index (χ0v) is 8.39. The van der Waals surface area contributed by atoms with Crippen molar-refractivity contribution in [3.05, 3.63) is 22.7 Å². The average molecular weight is 197 g/mol. The van der Waals surface area contributed by atoms with E-state index in [1.807, 2.05) is 19.9 Å². The highest BCUT2D eigenvalue weighted by molar-refractivity contribution is 7.07. The molecule has 1 aromatic heterocycles. The summed E-state index contributed by atoms with van der Waals surface area (Å²) in [7, 11) is 0. The van der Waals surface area contributed by atoms with Crippen LogP contribution >= 0.6 is 11.5 Å². The molecule has 1 rings (SSSR count). The van der Waals surface area contributed by atoms with Crippen molar-refractivity contribution in [2.24, 2.45) is 0 Å². The van der Waals surface area contributed by atoms with Crippen molar-refractivity contribution in [2.75, 3.05) is 6.54 Å². The first-order valence-electron chi connectivity index (χ1n) is 3.89. The lowest BCUT2D eigenvalue weighted by molar-refractivity contribution is 0.0962. The summed E-state index contributed by atoms with van der Waals surface area (Å²) in [6, 6.07) is 0. The van der Waals surface area contributed by atoms with Gasteiger partial charge in [-0.25, -0.2) is 0 Å². The molecule has 0 aliphatic heterocycles. The van der Waals surface area contributed by atoms with Crippen molar-refractivity contribution in [3.63, 3.8) is 0 Å². The lowest BCUT2D eigenvalue weighted by Gasteiger charge is -1.97. The molecule has 1 N–H and O–H groups in total. The van der Waals surface area contributed by atoms with Gasteiger partial charge in [-0.2, -0.15) is 0 Å². The van der Waals surface area contributed by atoms with E-state index in [0.29, 0.717) is 11.4 Å². The van der Waals surface area contributed by atoms with Gasteiger partial charge >= 0.3 is 0 Å². The van der Waals surface area contributed by atoms with E-state index in [1.165, 1.54) is 11.8 Å². The Kier molecular flexibility index (Phi) is 3.57. The Hall–Kier alpha value is -1.23. The van der Waals surface area contributed by atoms with Crippen LogP contribution < -0.4 is 5.32 Å². The molecule has 0 unspecified atom stereocenters. The Labute approximate surface area is 80.8 Å². The Balaban J connectivity index is 2.39. The van der Waals surface area contributed by atoms with E-state index in [-0.39, 0.29) is 5.91 Å². The predicted molar refractivity (Wildman–Crippen MR) is 51.7 cm³/mol. The molecule has 0 bridgehead atoms. The summed E-state index contributed by atoms with van der Waals surface area (Å²) in [6.07, 6.45) is 3.41. The summed E-state index contributed by atoms with van der Waals surface area (Å²) in [5.74, 6) is -0.118. The second-order valence-electron chi connectivity index (χ2n) is 2.77. The van der Waals surface area contributed by atoms with Gasteiger partial charge in [-0.05, 0) is 25.4 Å². The number of hydrogen-bond donors (Lipinski definition) is 1. The maximum Gasteiger partial charge on any atom is 0.264 e. The first-order valence-corrected chi connectivity index (χ1v) is 4.66. The number of aromatic nitrogens is 2. The van der Waals surface area contributed by atoms with Gasteiger partial charge in [0.25, 0.3) is 5.91 Å². The zero-order valence-electron chi connectivity index (χ0n) is 7.57. The van der Waals surface area contributed by atoms with Crippen LogP contribution in [0.3, 0.4) is 0 Å². The third kappa shape index (κ3) is 3.33. The molecule has 1 aromatic rings. The number of carbonyl (C=O) groups excluding carboxylic acids is 1. The molecule has 1 heterocycles. The van der Waals surface area contributed by atoms with Crippen LogP contribution in [-0.2, 0) is 0 Å². The molecule has 1 amide bonds. The number of rotatable bonds is 3. The van der Waals surface area contributed by atoms with E-state index in [4.69, 9.17) is 0 Å². The van der Waals surface area contributed by atoms with Crippen molar-refractivity contribution in [2.45, 2.75) is 13.8 Å². The molecule has 70 valence electrons. The van der Waals surface area contributed by atoms with Gasteiger partial charge < -0.3 is 5.32 Å². The SMILES string of the molecule is CC(C)=CCNC(=O)c1cnns1. The standard InChI is InChI=1S/C8H11N3OS/c1-6(2)3-4-9-8(12)7-5-10-11-13-7/h3,5H,4H2,1-2H3,(H,9,12). The minimum absolute atomic E-state index is 0.118. The van der Waals surface area contributed by atoms with E-state index in [1.54, 1.807) is 0 Å². The first kappa shape index (κ1) is 9.85. The molecule has 0 saturated carbocycles. The number of amides is 1. The quantitative estimate of drug-likeness (QED) is 0.741. The van der Waals surface area contributed by atoms with Gasteiger partial charge in [0.2, 0.25) is 0 Å². The molecule has 0 atom stereocenters. The average Bonchev–Trinajstić information content (AvgIpc) is 2.55. The molecule has 0 aromatic carbocycles. The smallest absolute Gasteiger partial charge is 0.264 e. The van der Waals surface area contributed by atoms with Crippen LogP contribution in [0, 0.1) is 0 Å². The van der Waals surface area contributed by atoms with Crippen LogP contribution in [0.25, 0.3) is 0 Å². The highest BCUT2D eigenvalue weighted by atomic mass is 32.1. The van der Waals surface area contributed by atoms with Crippen LogP contribution in [-0.4, -0.2) is 22.0 Å². The van der Waals surface area contributed by atoms with Crippen molar-refractivity contribution < 1.29 is 4.79 Å². The topological polar surface area (TPSA) is 54.9 Å². The number of carbonyl (C=O) groups is 1. The molecule has 4 nitrogen and oxygen atoms in total. The summed E-state index contributed by atoms with van der Waals surface area (Å²) in [5, 5.41) is 6.31. The molecular weight excluding hydrogens is 186 g/mol. The Bertz CT molecular complexity index is 301. The number of nitrogens with zero attached hydrogens (tertiary/aromatic N) is 2. The van der Waals surface area contributed by atoms with E-state index >= 15 is 0 Å². The number of hydrogen-bond acceptors (Lipinski definition) is 4. The Morgan fingerprint density at radius 2 is 2.46 bits per heavy atom. The fraction of sp³-hybridized carbons (Fsp3) is 0.375. The number of nitrogens with one attached hydrogen (secondary N) is 1. The fourth-order valence-corrected chi connectivity index (χ4v) is 1.13. The van der Waals surface area contributed by atoms with E-state index in [2.05, 4.69) is 14.9 Å². The molecule has 0 saturated heterocycles. The van der Waals surface area contributed by atoms with Crippen molar-refractivity contribution in [1.82, 2.24) is 14.9 Å². The highest BCUT2D eigenvalue weighted by Gasteiger charge is 2.05. The zero-order chi connectivity index (χ0) is 9.68. The van der Waals surface area contributed by atoms with Gasteiger partial charge in [0.1, 0.15) is 4.88 Å². The third-order valence-corrected chi connectivity index (χ3v) is 2.02. The van der Waals surface area contributed by atoms with Gasteiger partial charge in [0.05, 0.1) is 6.20 Å². The lowest BCUT2D eigenvalue weighted by Crippen LogP contribution is -2.22. The molecule has 5 heteroatoms. The van der Waals surface area contributed by atoms with E-state index < -0.39 is 0 Å².